The molecule has 2 rings (SSSR count). The van der Waals surface area contributed by atoms with E-state index in [-0.39, 0.29) is 4.99 Å². The molecule has 0 amide bonds. The maximum absolute atomic E-state index is 6.05. The van der Waals surface area contributed by atoms with E-state index >= 15 is 0 Å². The van der Waals surface area contributed by atoms with Crippen LogP contribution in [0.4, 0.5) is 0 Å². The molecule has 0 atom stereocenters. The quantitative estimate of drug-likeness (QED) is 0.754. The lowest BCUT2D eigenvalue weighted by molar-refractivity contribution is 1.33. The summed E-state index contributed by atoms with van der Waals surface area (Å²) in [5, 5.41) is 2.44. The first-order valence-electron chi connectivity index (χ1n) is 4.03. The second-order valence-electron chi connectivity index (χ2n) is 2.86. The highest BCUT2D eigenvalue weighted by Gasteiger charge is 2.07. The summed E-state index contributed by atoms with van der Waals surface area (Å²) >= 11 is 11.0. The van der Waals surface area contributed by atoms with E-state index in [9.17, 15) is 0 Å². The third-order valence-corrected chi connectivity index (χ3v) is 2.48. The van der Waals surface area contributed by atoms with Gasteiger partial charge in [0.15, 0.2) is 0 Å². The summed E-state index contributed by atoms with van der Waals surface area (Å²) in [5.41, 5.74) is 6.15. The van der Waals surface area contributed by atoms with E-state index in [1.165, 1.54) is 0 Å². The predicted octanol–water partition coefficient (Wildman–Crippen LogP) is 2.52. The molecular formula is C10H7ClN2S. The molecule has 0 radical (unpaired) electrons. The van der Waals surface area contributed by atoms with Crippen molar-refractivity contribution in [3.8, 4) is 0 Å². The van der Waals surface area contributed by atoms with Crippen LogP contribution < -0.4 is 5.73 Å². The van der Waals surface area contributed by atoms with Crippen molar-refractivity contribution in [2.75, 3.05) is 0 Å². The Balaban J connectivity index is 2.91. The third-order valence-electron chi connectivity index (χ3n) is 1.97. The number of fused-ring (bicyclic) bond motifs is 1. The summed E-state index contributed by atoms with van der Waals surface area (Å²) < 4.78 is 0. The van der Waals surface area contributed by atoms with Gasteiger partial charge in [-0.05, 0) is 17.5 Å². The average Bonchev–Trinajstić information content (AvgIpc) is 2.17. The highest BCUT2D eigenvalue weighted by atomic mass is 35.5. The van der Waals surface area contributed by atoms with Crippen LogP contribution in [0.15, 0.2) is 30.5 Å². The molecule has 0 aliphatic heterocycles. The molecule has 1 aromatic carbocycles. The summed E-state index contributed by atoms with van der Waals surface area (Å²) in [6.07, 6.45) is 1.67. The minimum absolute atomic E-state index is 0.267. The molecule has 0 aliphatic rings. The molecule has 0 bridgehead atoms. The lowest BCUT2D eigenvalue weighted by atomic mass is 10.1. The van der Waals surface area contributed by atoms with Crippen LogP contribution in [0.2, 0.25) is 5.02 Å². The fraction of sp³-hybridized carbons (Fsp3) is 0. The summed E-state index contributed by atoms with van der Waals surface area (Å²) in [4.78, 5) is 4.38. The van der Waals surface area contributed by atoms with Crippen LogP contribution in [0.1, 0.15) is 5.69 Å². The first-order chi connectivity index (χ1) is 6.70. The molecule has 0 saturated carbocycles. The Labute approximate surface area is 91.7 Å². The van der Waals surface area contributed by atoms with Gasteiger partial charge >= 0.3 is 0 Å². The zero-order valence-electron chi connectivity index (χ0n) is 7.20. The van der Waals surface area contributed by atoms with Crippen LogP contribution in [0, 0.1) is 0 Å². The number of rotatable bonds is 1. The third kappa shape index (κ3) is 1.45. The molecule has 1 aromatic heterocycles. The smallest absolute Gasteiger partial charge is 0.123 e. The Morgan fingerprint density at radius 3 is 2.86 bits per heavy atom. The van der Waals surface area contributed by atoms with Crippen LogP contribution in [0.5, 0.6) is 0 Å². The second kappa shape index (κ2) is 3.52. The van der Waals surface area contributed by atoms with Gasteiger partial charge in [-0.25, -0.2) is 0 Å². The fourth-order valence-electron chi connectivity index (χ4n) is 1.37. The number of benzene rings is 1. The summed E-state index contributed by atoms with van der Waals surface area (Å²) in [6.45, 7) is 0. The van der Waals surface area contributed by atoms with Crippen LogP contribution in [0.3, 0.4) is 0 Å². The van der Waals surface area contributed by atoms with Crippen LogP contribution >= 0.6 is 23.8 Å². The SMILES string of the molecule is NC(=S)c1nccc2cccc(Cl)c12. The number of pyridine rings is 1. The summed E-state index contributed by atoms with van der Waals surface area (Å²) in [7, 11) is 0. The van der Waals surface area contributed by atoms with E-state index in [1.807, 2.05) is 18.2 Å². The van der Waals surface area contributed by atoms with Crippen molar-refractivity contribution in [1.29, 1.82) is 0 Å². The maximum Gasteiger partial charge on any atom is 0.123 e. The normalized spacial score (nSPS) is 10.4. The molecule has 0 fully saturated rings. The van der Waals surface area contributed by atoms with Gasteiger partial charge in [-0.2, -0.15) is 0 Å². The van der Waals surface area contributed by atoms with E-state index in [1.54, 1.807) is 12.3 Å². The highest BCUT2D eigenvalue weighted by molar-refractivity contribution is 7.80. The van der Waals surface area contributed by atoms with E-state index in [0.29, 0.717) is 10.7 Å². The van der Waals surface area contributed by atoms with Crippen LogP contribution in [0.25, 0.3) is 10.8 Å². The monoisotopic (exact) mass is 222 g/mol. The Kier molecular flexibility index (Phi) is 2.35. The predicted molar refractivity (Wildman–Crippen MR) is 62.6 cm³/mol. The molecule has 0 spiro atoms. The van der Waals surface area contributed by atoms with Gasteiger partial charge in [-0.15, -0.1) is 0 Å². The standard InChI is InChI=1S/C10H7ClN2S/c11-7-3-1-2-6-4-5-13-9(8(6)7)10(12)14/h1-5H,(H2,12,14). The molecular weight excluding hydrogens is 216 g/mol. The number of nitrogens with zero attached hydrogens (tertiary/aromatic N) is 1. The van der Waals surface area contributed by atoms with Crippen molar-refractivity contribution >= 4 is 39.6 Å². The molecule has 14 heavy (non-hydrogen) atoms. The van der Waals surface area contributed by atoms with Crippen molar-refractivity contribution in [2.24, 2.45) is 5.73 Å². The molecule has 2 aromatic rings. The lowest BCUT2D eigenvalue weighted by Crippen LogP contribution is -2.12. The van der Waals surface area contributed by atoms with Gasteiger partial charge in [0.2, 0.25) is 0 Å². The zero-order chi connectivity index (χ0) is 10.1. The van der Waals surface area contributed by atoms with E-state index in [2.05, 4.69) is 4.98 Å². The van der Waals surface area contributed by atoms with E-state index in [4.69, 9.17) is 29.6 Å². The minimum Gasteiger partial charge on any atom is -0.388 e. The lowest BCUT2D eigenvalue weighted by Gasteiger charge is -2.04. The van der Waals surface area contributed by atoms with Gasteiger partial charge in [-0.1, -0.05) is 36.0 Å². The molecule has 1 heterocycles. The Morgan fingerprint density at radius 1 is 1.36 bits per heavy atom. The molecule has 2 N–H and O–H groups in total. The number of aromatic nitrogens is 1. The van der Waals surface area contributed by atoms with Crippen molar-refractivity contribution in [2.45, 2.75) is 0 Å². The van der Waals surface area contributed by atoms with Crippen molar-refractivity contribution in [3.63, 3.8) is 0 Å². The van der Waals surface area contributed by atoms with E-state index in [0.717, 1.165) is 10.8 Å². The first kappa shape index (κ1) is 9.37. The largest absolute Gasteiger partial charge is 0.388 e. The summed E-state index contributed by atoms with van der Waals surface area (Å²) in [5.74, 6) is 0. The maximum atomic E-state index is 6.05. The molecule has 4 heteroatoms. The minimum atomic E-state index is 0.267. The van der Waals surface area contributed by atoms with Crippen molar-refractivity contribution in [3.05, 3.63) is 41.2 Å². The van der Waals surface area contributed by atoms with Gasteiger partial charge < -0.3 is 5.73 Å². The van der Waals surface area contributed by atoms with Crippen LogP contribution in [-0.2, 0) is 0 Å². The summed E-state index contributed by atoms with van der Waals surface area (Å²) in [6, 6.07) is 7.51. The molecule has 70 valence electrons. The molecule has 0 saturated heterocycles. The Hall–Kier alpha value is -1.19. The van der Waals surface area contributed by atoms with E-state index < -0.39 is 0 Å². The number of halogens is 1. The van der Waals surface area contributed by atoms with Gasteiger partial charge in [0.1, 0.15) is 10.7 Å². The van der Waals surface area contributed by atoms with Crippen molar-refractivity contribution in [1.82, 2.24) is 4.98 Å². The fourth-order valence-corrected chi connectivity index (χ4v) is 1.80. The zero-order valence-corrected chi connectivity index (χ0v) is 8.77. The van der Waals surface area contributed by atoms with Crippen molar-refractivity contribution < 1.29 is 0 Å². The average molecular weight is 223 g/mol. The number of hydrogen-bond donors (Lipinski definition) is 1. The number of hydrogen-bond acceptors (Lipinski definition) is 2. The van der Waals surface area contributed by atoms with Gasteiger partial charge in [0.05, 0.1) is 5.02 Å². The number of thiocarbonyl (C=S) groups is 1. The number of nitrogens with two attached hydrogens (primary N) is 1. The van der Waals surface area contributed by atoms with Gasteiger partial charge in [-0.3, -0.25) is 4.98 Å². The van der Waals surface area contributed by atoms with Crippen LogP contribution in [-0.4, -0.2) is 9.97 Å². The second-order valence-corrected chi connectivity index (χ2v) is 3.71. The topological polar surface area (TPSA) is 38.9 Å². The Morgan fingerprint density at radius 2 is 2.14 bits per heavy atom. The molecule has 0 unspecified atom stereocenters. The van der Waals surface area contributed by atoms with Gasteiger partial charge in [0.25, 0.3) is 0 Å². The molecule has 0 aliphatic carbocycles. The van der Waals surface area contributed by atoms with Gasteiger partial charge in [0, 0.05) is 11.6 Å². The Bertz CT molecular complexity index is 505. The highest BCUT2D eigenvalue weighted by Crippen LogP contribution is 2.25. The first-order valence-corrected chi connectivity index (χ1v) is 4.82. The molecule has 2 nitrogen and oxygen atoms in total.